The predicted octanol–water partition coefficient (Wildman–Crippen LogP) is 5.98. The van der Waals surface area contributed by atoms with Crippen molar-refractivity contribution in [3.63, 3.8) is 0 Å². The van der Waals surface area contributed by atoms with Crippen molar-refractivity contribution in [1.82, 2.24) is 25.3 Å². The second-order valence-electron chi connectivity index (χ2n) is 10.7. The van der Waals surface area contributed by atoms with Crippen LogP contribution < -0.4 is 9.47 Å². The fourth-order valence-corrected chi connectivity index (χ4v) is 5.44. The normalized spacial score (nSPS) is 17.5. The molecular weight excluding hydrogens is 478 g/mol. The molecule has 0 N–H and O–H groups in total. The average molecular weight is 520 g/mol. The van der Waals surface area contributed by atoms with Gasteiger partial charge in [-0.3, -0.25) is 0 Å². The molecular formula is C30H41N5O3. The van der Waals surface area contributed by atoms with Crippen molar-refractivity contribution in [2.75, 3.05) is 19.6 Å². The van der Waals surface area contributed by atoms with Gasteiger partial charge >= 0.3 is 0 Å². The lowest BCUT2D eigenvalue weighted by Crippen LogP contribution is -2.39. The lowest BCUT2D eigenvalue weighted by atomic mass is 9.97. The van der Waals surface area contributed by atoms with Crippen molar-refractivity contribution < 1.29 is 13.9 Å². The van der Waals surface area contributed by atoms with Gasteiger partial charge in [0.05, 0.1) is 11.8 Å². The largest absolute Gasteiger partial charge is 0.490 e. The fourth-order valence-electron chi connectivity index (χ4n) is 5.44. The zero-order valence-corrected chi connectivity index (χ0v) is 22.9. The minimum atomic E-state index is 0.145. The van der Waals surface area contributed by atoms with Gasteiger partial charge in [0, 0.05) is 44.6 Å². The molecule has 3 aromatic rings. The van der Waals surface area contributed by atoms with Crippen LogP contribution in [0.5, 0.6) is 11.6 Å². The lowest BCUT2D eigenvalue weighted by Gasteiger charge is -2.31. The summed E-state index contributed by atoms with van der Waals surface area (Å²) < 4.78 is 18.1. The van der Waals surface area contributed by atoms with Crippen LogP contribution in [0.2, 0.25) is 0 Å². The van der Waals surface area contributed by atoms with Gasteiger partial charge in [0.25, 0.3) is 0 Å². The van der Waals surface area contributed by atoms with Crippen LogP contribution in [-0.2, 0) is 12.8 Å². The number of piperidine rings is 1. The van der Waals surface area contributed by atoms with E-state index in [1.807, 2.05) is 6.92 Å². The third kappa shape index (κ3) is 7.31. The summed E-state index contributed by atoms with van der Waals surface area (Å²) >= 11 is 0. The maximum absolute atomic E-state index is 6.35. The van der Waals surface area contributed by atoms with Crippen molar-refractivity contribution in [3.8, 4) is 22.8 Å². The van der Waals surface area contributed by atoms with Crippen LogP contribution >= 0.6 is 0 Å². The van der Waals surface area contributed by atoms with Crippen LogP contribution in [0.25, 0.3) is 11.1 Å². The van der Waals surface area contributed by atoms with Gasteiger partial charge < -0.3 is 18.8 Å². The second-order valence-corrected chi connectivity index (χ2v) is 10.7. The standard InChI is InChI=1S/C30H41N5O3/c1-3-4-10-28-27(23-11-13-25(14-12-23)37-24-8-6-5-7-9-24)21-30(34-32-28)38-26-15-18-35(19-16-26)20-17-29-33-31-22(2)36-29/h11-14,21,24,26H,3-10,15-20H2,1-2H3. The topological polar surface area (TPSA) is 86.4 Å². The first-order chi connectivity index (χ1) is 18.7. The summed E-state index contributed by atoms with van der Waals surface area (Å²) in [5.74, 6) is 2.90. The molecule has 0 amide bonds. The molecule has 8 nitrogen and oxygen atoms in total. The minimum Gasteiger partial charge on any atom is -0.490 e. The monoisotopic (exact) mass is 519 g/mol. The van der Waals surface area contributed by atoms with E-state index in [0.29, 0.717) is 23.8 Å². The van der Waals surface area contributed by atoms with Crippen molar-refractivity contribution >= 4 is 0 Å². The SMILES string of the molecule is CCCCc1nnc(OC2CCN(CCc3nnc(C)o3)CC2)cc1-c1ccc(OC2CCCCC2)cc1. The quantitative estimate of drug-likeness (QED) is 0.306. The number of likely N-dealkylation sites (tertiary alicyclic amines) is 1. The molecule has 2 aromatic heterocycles. The Morgan fingerprint density at radius 2 is 1.63 bits per heavy atom. The molecule has 3 heterocycles. The Hall–Kier alpha value is -3.00. The molecule has 5 rings (SSSR count). The van der Waals surface area contributed by atoms with Gasteiger partial charge in [-0.1, -0.05) is 31.9 Å². The Bertz CT molecular complexity index is 1140. The Labute approximate surface area is 226 Å². The van der Waals surface area contributed by atoms with Gasteiger partial charge in [0.15, 0.2) is 0 Å². The number of aromatic nitrogens is 4. The van der Waals surface area contributed by atoms with Crippen molar-refractivity contribution in [1.29, 1.82) is 0 Å². The average Bonchev–Trinajstić information content (AvgIpc) is 3.38. The van der Waals surface area contributed by atoms with E-state index in [1.165, 1.54) is 19.3 Å². The highest BCUT2D eigenvalue weighted by Gasteiger charge is 2.22. The molecule has 1 aromatic carbocycles. The molecule has 1 saturated heterocycles. The van der Waals surface area contributed by atoms with Crippen LogP contribution in [0.15, 0.2) is 34.7 Å². The van der Waals surface area contributed by atoms with Gasteiger partial charge in [-0.05, 0) is 69.1 Å². The highest BCUT2D eigenvalue weighted by Crippen LogP contribution is 2.30. The highest BCUT2D eigenvalue weighted by atomic mass is 16.5. The number of nitrogens with zero attached hydrogens (tertiary/aromatic N) is 5. The highest BCUT2D eigenvalue weighted by molar-refractivity contribution is 5.67. The molecule has 0 spiro atoms. The maximum atomic E-state index is 6.35. The third-order valence-corrected chi connectivity index (χ3v) is 7.67. The molecule has 8 heteroatoms. The molecule has 2 aliphatic rings. The van der Waals surface area contributed by atoms with E-state index in [2.05, 4.69) is 62.6 Å². The second kappa shape index (κ2) is 13.2. The van der Waals surface area contributed by atoms with Crippen LogP contribution in [0.1, 0.15) is 82.2 Å². The van der Waals surface area contributed by atoms with E-state index in [1.54, 1.807) is 0 Å². The number of benzene rings is 1. The zero-order chi connectivity index (χ0) is 26.2. The van der Waals surface area contributed by atoms with Crippen LogP contribution in [0.3, 0.4) is 0 Å². The summed E-state index contributed by atoms with van der Waals surface area (Å²) in [6.45, 7) is 6.91. The number of hydrogen-bond acceptors (Lipinski definition) is 8. The molecule has 0 atom stereocenters. The lowest BCUT2D eigenvalue weighted by molar-refractivity contribution is 0.0957. The summed E-state index contributed by atoms with van der Waals surface area (Å²) in [7, 11) is 0. The molecule has 2 fully saturated rings. The first-order valence-corrected chi connectivity index (χ1v) is 14.5. The number of aryl methyl sites for hydroxylation is 2. The van der Waals surface area contributed by atoms with Crippen molar-refractivity contribution in [3.05, 3.63) is 47.8 Å². The summed E-state index contributed by atoms with van der Waals surface area (Å²) in [5.41, 5.74) is 3.28. The summed E-state index contributed by atoms with van der Waals surface area (Å²) in [6, 6.07) is 10.6. The first-order valence-electron chi connectivity index (χ1n) is 14.5. The molecule has 1 saturated carbocycles. The summed E-state index contributed by atoms with van der Waals surface area (Å²) in [6.07, 6.45) is 12.5. The molecule has 1 aliphatic heterocycles. The molecule has 0 bridgehead atoms. The summed E-state index contributed by atoms with van der Waals surface area (Å²) in [5, 5.41) is 17.1. The molecule has 204 valence electrons. The minimum absolute atomic E-state index is 0.145. The predicted molar refractivity (Wildman–Crippen MR) is 146 cm³/mol. The molecule has 0 radical (unpaired) electrons. The Kier molecular flexibility index (Phi) is 9.23. The Morgan fingerprint density at radius 1 is 0.868 bits per heavy atom. The smallest absolute Gasteiger partial charge is 0.234 e. The van der Waals surface area contributed by atoms with Crippen molar-refractivity contribution in [2.45, 2.75) is 96.7 Å². The Balaban J connectivity index is 1.20. The van der Waals surface area contributed by atoms with Gasteiger partial charge in [-0.25, -0.2) is 0 Å². The van der Waals surface area contributed by atoms with Crippen LogP contribution in [0.4, 0.5) is 0 Å². The van der Waals surface area contributed by atoms with Crippen molar-refractivity contribution in [2.24, 2.45) is 0 Å². The van der Waals surface area contributed by atoms with E-state index >= 15 is 0 Å². The zero-order valence-electron chi connectivity index (χ0n) is 22.9. The van der Waals surface area contributed by atoms with E-state index in [9.17, 15) is 0 Å². The van der Waals surface area contributed by atoms with Gasteiger partial charge in [-0.2, -0.15) is 5.10 Å². The van der Waals surface area contributed by atoms with Crippen LogP contribution in [-0.4, -0.2) is 57.1 Å². The maximum Gasteiger partial charge on any atom is 0.234 e. The number of ether oxygens (including phenoxy) is 2. The number of hydrogen-bond donors (Lipinski definition) is 0. The summed E-state index contributed by atoms with van der Waals surface area (Å²) in [4.78, 5) is 2.43. The molecule has 1 aliphatic carbocycles. The van der Waals surface area contributed by atoms with E-state index in [-0.39, 0.29) is 6.10 Å². The fraction of sp³-hybridized carbons (Fsp3) is 0.600. The third-order valence-electron chi connectivity index (χ3n) is 7.67. The number of rotatable bonds is 11. The molecule has 38 heavy (non-hydrogen) atoms. The first kappa shape index (κ1) is 26.6. The number of unbranched alkanes of at least 4 members (excludes halogenated alkanes) is 1. The van der Waals surface area contributed by atoms with Gasteiger partial charge in [0.2, 0.25) is 17.7 Å². The van der Waals surface area contributed by atoms with E-state index in [4.69, 9.17) is 13.9 Å². The Morgan fingerprint density at radius 3 is 2.34 bits per heavy atom. The molecule has 0 unspecified atom stereocenters. The van der Waals surface area contributed by atoms with Gasteiger partial charge in [0.1, 0.15) is 11.9 Å². The van der Waals surface area contributed by atoms with E-state index < -0.39 is 0 Å². The van der Waals surface area contributed by atoms with Crippen LogP contribution in [0, 0.1) is 6.92 Å². The van der Waals surface area contributed by atoms with E-state index in [0.717, 1.165) is 93.6 Å². The van der Waals surface area contributed by atoms with Gasteiger partial charge in [-0.15, -0.1) is 15.3 Å².